The molecule has 3 rings (SSSR count). The molecule has 2 aromatic carbocycles. The molecule has 3 aromatic rings. The van der Waals surface area contributed by atoms with Crippen LogP contribution in [0.5, 0.6) is 0 Å². The lowest BCUT2D eigenvalue weighted by Gasteiger charge is -2.17. The van der Waals surface area contributed by atoms with Crippen molar-refractivity contribution in [2.24, 2.45) is 0 Å². The second-order valence-corrected chi connectivity index (χ2v) is 5.65. The molecule has 0 aliphatic carbocycles. The highest BCUT2D eigenvalue weighted by molar-refractivity contribution is 9.10. The first kappa shape index (κ1) is 13.3. The van der Waals surface area contributed by atoms with Crippen LogP contribution in [0.25, 0.3) is 10.9 Å². The molecule has 0 aliphatic heterocycles. The summed E-state index contributed by atoms with van der Waals surface area (Å²) in [6.07, 6.45) is 1.95. The number of hydrogen-bond acceptors (Lipinski definition) is 2. The number of para-hydroxylation sites is 1. The number of halogens is 1. The van der Waals surface area contributed by atoms with Gasteiger partial charge >= 0.3 is 0 Å². The summed E-state index contributed by atoms with van der Waals surface area (Å²) >= 11 is 3.53. The van der Waals surface area contributed by atoms with Crippen LogP contribution in [0, 0.1) is 0 Å². The fourth-order valence-electron chi connectivity index (χ4n) is 2.46. The molecule has 1 heterocycles. The zero-order valence-electron chi connectivity index (χ0n) is 11.2. The van der Waals surface area contributed by atoms with Gasteiger partial charge in [-0.3, -0.25) is 4.98 Å². The SMILES string of the molecule is CNC(c1cccc(Br)c1)c1cnc2ccccc2c1. The Morgan fingerprint density at radius 1 is 1.00 bits per heavy atom. The van der Waals surface area contributed by atoms with Crippen molar-refractivity contribution in [1.29, 1.82) is 0 Å². The van der Waals surface area contributed by atoms with Crippen molar-refractivity contribution in [3.63, 3.8) is 0 Å². The molecule has 1 aromatic heterocycles. The van der Waals surface area contributed by atoms with Gasteiger partial charge in [-0.1, -0.05) is 46.3 Å². The maximum atomic E-state index is 4.55. The van der Waals surface area contributed by atoms with Crippen LogP contribution in [0.4, 0.5) is 0 Å². The van der Waals surface area contributed by atoms with E-state index in [9.17, 15) is 0 Å². The Hall–Kier alpha value is -1.71. The smallest absolute Gasteiger partial charge is 0.0702 e. The molecule has 0 aliphatic rings. The van der Waals surface area contributed by atoms with Crippen molar-refractivity contribution >= 4 is 26.8 Å². The number of nitrogens with zero attached hydrogens (tertiary/aromatic N) is 1. The van der Waals surface area contributed by atoms with E-state index in [1.165, 1.54) is 16.5 Å². The molecule has 0 radical (unpaired) electrons. The minimum absolute atomic E-state index is 0.143. The largest absolute Gasteiger partial charge is 0.309 e. The molecule has 2 nitrogen and oxygen atoms in total. The van der Waals surface area contributed by atoms with Crippen molar-refractivity contribution in [2.75, 3.05) is 7.05 Å². The van der Waals surface area contributed by atoms with E-state index in [2.05, 4.69) is 56.6 Å². The van der Waals surface area contributed by atoms with E-state index in [4.69, 9.17) is 0 Å². The van der Waals surface area contributed by atoms with Gasteiger partial charge in [-0.25, -0.2) is 0 Å². The molecule has 3 heteroatoms. The first-order valence-electron chi connectivity index (χ1n) is 6.55. The lowest BCUT2D eigenvalue weighted by molar-refractivity contribution is 0.690. The normalized spacial score (nSPS) is 12.5. The van der Waals surface area contributed by atoms with Gasteiger partial charge in [0.2, 0.25) is 0 Å². The first-order chi connectivity index (χ1) is 9.78. The predicted octanol–water partition coefficient (Wildman–Crippen LogP) is 4.31. The summed E-state index contributed by atoms with van der Waals surface area (Å²) in [5.74, 6) is 0. The van der Waals surface area contributed by atoms with Gasteiger partial charge in [0.25, 0.3) is 0 Å². The zero-order chi connectivity index (χ0) is 13.9. The highest BCUT2D eigenvalue weighted by Crippen LogP contribution is 2.25. The van der Waals surface area contributed by atoms with E-state index in [0.717, 1.165) is 9.99 Å². The second kappa shape index (κ2) is 5.73. The summed E-state index contributed by atoms with van der Waals surface area (Å²) in [5.41, 5.74) is 3.42. The third-order valence-electron chi connectivity index (χ3n) is 3.42. The van der Waals surface area contributed by atoms with Crippen LogP contribution in [0.2, 0.25) is 0 Å². The lowest BCUT2D eigenvalue weighted by Crippen LogP contribution is -2.17. The van der Waals surface area contributed by atoms with E-state index in [-0.39, 0.29) is 6.04 Å². The molecule has 0 amide bonds. The van der Waals surface area contributed by atoms with Gasteiger partial charge in [-0.05, 0) is 42.4 Å². The van der Waals surface area contributed by atoms with Crippen LogP contribution in [-0.2, 0) is 0 Å². The van der Waals surface area contributed by atoms with Crippen molar-refractivity contribution in [2.45, 2.75) is 6.04 Å². The average molecular weight is 327 g/mol. The first-order valence-corrected chi connectivity index (χ1v) is 7.34. The summed E-state index contributed by atoms with van der Waals surface area (Å²) in [7, 11) is 1.97. The molecule has 1 N–H and O–H groups in total. The Morgan fingerprint density at radius 2 is 1.85 bits per heavy atom. The van der Waals surface area contributed by atoms with Gasteiger partial charge in [-0.2, -0.15) is 0 Å². The highest BCUT2D eigenvalue weighted by Gasteiger charge is 2.13. The number of benzene rings is 2. The minimum atomic E-state index is 0.143. The van der Waals surface area contributed by atoms with E-state index in [1.807, 2.05) is 37.5 Å². The monoisotopic (exact) mass is 326 g/mol. The van der Waals surface area contributed by atoms with Gasteiger partial charge in [0.1, 0.15) is 0 Å². The fraction of sp³-hybridized carbons (Fsp3) is 0.118. The quantitative estimate of drug-likeness (QED) is 0.775. The maximum absolute atomic E-state index is 4.55. The molecule has 0 saturated carbocycles. The average Bonchev–Trinajstić information content (AvgIpc) is 2.48. The third-order valence-corrected chi connectivity index (χ3v) is 3.91. The molecule has 1 atom stereocenters. The molecular formula is C17H15BrN2. The van der Waals surface area contributed by atoms with Crippen LogP contribution in [0.15, 0.2) is 65.3 Å². The Morgan fingerprint density at radius 3 is 2.65 bits per heavy atom. The Labute approximate surface area is 127 Å². The zero-order valence-corrected chi connectivity index (χ0v) is 12.8. The van der Waals surface area contributed by atoms with E-state index in [0.29, 0.717) is 0 Å². The lowest BCUT2D eigenvalue weighted by atomic mass is 9.99. The van der Waals surface area contributed by atoms with Crippen LogP contribution in [0.3, 0.4) is 0 Å². The number of nitrogens with one attached hydrogen (secondary N) is 1. The molecule has 1 unspecified atom stereocenters. The van der Waals surface area contributed by atoms with Gasteiger partial charge in [0, 0.05) is 16.1 Å². The summed E-state index contributed by atoms with van der Waals surface area (Å²) in [4.78, 5) is 4.55. The van der Waals surface area contributed by atoms with E-state index < -0.39 is 0 Å². The van der Waals surface area contributed by atoms with Crippen LogP contribution in [-0.4, -0.2) is 12.0 Å². The van der Waals surface area contributed by atoms with E-state index >= 15 is 0 Å². The highest BCUT2D eigenvalue weighted by atomic mass is 79.9. The molecule has 100 valence electrons. The molecule has 0 saturated heterocycles. The molecule has 20 heavy (non-hydrogen) atoms. The van der Waals surface area contributed by atoms with Crippen LogP contribution < -0.4 is 5.32 Å². The van der Waals surface area contributed by atoms with Gasteiger partial charge in [0.15, 0.2) is 0 Å². The summed E-state index contributed by atoms with van der Waals surface area (Å²) in [6, 6.07) is 18.9. The number of hydrogen-bond donors (Lipinski definition) is 1. The number of fused-ring (bicyclic) bond motifs is 1. The fourth-order valence-corrected chi connectivity index (χ4v) is 2.87. The van der Waals surface area contributed by atoms with Crippen LogP contribution in [0.1, 0.15) is 17.2 Å². The Balaban J connectivity index is 2.07. The molecule has 0 fully saturated rings. The Bertz CT molecular complexity index is 740. The number of aromatic nitrogens is 1. The van der Waals surface area contributed by atoms with Gasteiger partial charge in [-0.15, -0.1) is 0 Å². The topological polar surface area (TPSA) is 24.9 Å². The van der Waals surface area contributed by atoms with E-state index in [1.54, 1.807) is 0 Å². The Kier molecular flexibility index (Phi) is 3.81. The summed E-state index contributed by atoms with van der Waals surface area (Å²) < 4.78 is 1.09. The van der Waals surface area contributed by atoms with Gasteiger partial charge < -0.3 is 5.32 Å². The number of pyridine rings is 1. The van der Waals surface area contributed by atoms with Crippen molar-refractivity contribution < 1.29 is 0 Å². The number of rotatable bonds is 3. The molecular weight excluding hydrogens is 312 g/mol. The summed E-state index contributed by atoms with van der Waals surface area (Å²) in [5, 5.41) is 4.53. The summed E-state index contributed by atoms with van der Waals surface area (Å²) in [6.45, 7) is 0. The van der Waals surface area contributed by atoms with Crippen LogP contribution >= 0.6 is 15.9 Å². The van der Waals surface area contributed by atoms with Crippen molar-refractivity contribution in [1.82, 2.24) is 10.3 Å². The minimum Gasteiger partial charge on any atom is -0.309 e. The predicted molar refractivity (Wildman–Crippen MR) is 86.8 cm³/mol. The van der Waals surface area contributed by atoms with Gasteiger partial charge in [0.05, 0.1) is 11.6 Å². The molecule has 0 spiro atoms. The molecule has 0 bridgehead atoms. The maximum Gasteiger partial charge on any atom is 0.0702 e. The third kappa shape index (κ3) is 2.60. The van der Waals surface area contributed by atoms with Crippen molar-refractivity contribution in [3.05, 3.63) is 76.4 Å². The second-order valence-electron chi connectivity index (χ2n) is 4.74. The van der Waals surface area contributed by atoms with Crippen molar-refractivity contribution in [3.8, 4) is 0 Å². The standard InChI is InChI=1S/C17H15BrN2/c1-19-17(13-6-4-7-15(18)10-13)14-9-12-5-2-3-8-16(12)20-11-14/h2-11,17,19H,1H3.